The highest BCUT2D eigenvalue weighted by atomic mass is 32.2. The Morgan fingerprint density at radius 3 is 2.33 bits per heavy atom. The van der Waals surface area contributed by atoms with E-state index in [1.54, 1.807) is 12.1 Å². The van der Waals surface area contributed by atoms with Crippen LogP contribution in [-0.4, -0.2) is 40.3 Å². The van der Waals surface area contributed by atoms with Crippen molar-refractivity contribution in [1.29, 1.82) is 0 Å². The third-order valence-corrected chi connectivity index (χ3v) is 4.81. The minimum Gasteiger partial charge on any atom is -0.357 e. The number of nitrogens with one attached hydrogen (secondary N) is 2. The number of aliphatic imine (C=N–C) groups is 1. The first-order valence-electron chi connectivity index (χ1n) is 8.78. The summed E-state index contributed by atoms with van der Waals surface area (Å²) in [5.74, 6) is 0.849. The van der Waals surface area contributed by atoms with Crippen molar-refractivity contribution in [2.75, 3.05) is 25.9 Å². The van der Waals surface area contributed by atoms with Gasteiger partial charge in [-0.1, -0.05) is 38.3 Å². The quantitative estimate of drug-likeness (QED) is 0.385. The second kappa shape index (κ2) is 11.1. The zero-order valence-electron chi connectivity index (χ0n) is 15.1. The third-order valence-electron chi connectivity index (χ3n) is 3.68. The molecule has 2 N–H and O–H groups in total. The van der Waals surface area contributed by atoms with E-state index in [1.807, 2.05) is 12.1 Å². The van der Waals surface area contributed by atoms with Gasteiger partial charge in [0.25, 0.3) is 0 Å². The standard InChI is InChI=1S/C18H31N3O2S/c1-4-6-7-8-14-20-18(19-5-2)21-15-13-16-9-11-17(12-10-16)24(3,22)23/h9-12H,4-8,13-15H2,1-3H3,(H2,19,20,21). The molecule has 0 saturated heterocycles. The Balaban J connectivity index is 2.42. The van der Waals surface area contributed by atoms with Crippen molar-refractivity contribution in [2.24, 2.45) is 4.99 Å². The molecule has 0 aromatic heterocycles. The molecule has 0 spiro atoms. The van der Waals surface area contributed by atoms with E-state index in [2.05, 4.69) is 29.5 Å². The number of benzene rings is 1. The molecule has 5 nitrogen and oxygen atoms in total. The van der Waals surface area contributed by atoms with Gasteiger partial charge in [-0.05, 0) is 37.5 Å². The summed E-state index contributed by atoms with van der Waals surface area (Å²) in [7, 11) is -3.12. The second-order valence-electron chi connectivity index (χ2n) is 5.91. The summed E-state index contributed by atoms with van der Waals surface area (Å²) in [5, 5.41) is 6.57. The fraction of sp³-hybridized carbons (Fsp3) is 0.611. The molecule has 0 heterocycles. The Bertz CT molecular complexity index is 595. The van der Waals surface area contributed by atoms with Crippen molar-refractivity contribution in [3.05, 3.63) is 29.8 Å². The van der Waals surface area contributed by atoms with Crippen LogP contribution in [0.3, 0.4) is 0 Å². The molecule has 0 bridgehead atoms. The Hall–Kier alpha value is -1.56. The van der Waals surface area contributed by atoms with E-state index in [-0.39, 0.29) is 0 Å². The maximum atomic E-state index is 11.4. The number of hydrogen-bond donors (Lipinski definition) is 2. The van der Waals surface area contributed by atoms with E-state index in [9.17, 15) is 8.42 Å². The van der Waals surface area contributed by atoms with Crippen LogP contribution in [0.2, 0.25) is 0 Å². The van der Waals surface area contributed by atoms with Gasteiger partial charge in [0.15, 0.2) is 15.8 Å². The van der Waals surface area contributed by atoms with E-state index >= 15 is 0 Å². The van der Waals surface area contributed by atoms with Crippen LogP contribution in [0.1, 0.15) is 45.1 Å². The topological polar surface area (TPSA) is 70.6 Å². The highest BCUT2D eigenvalue weighted by Gasteiger charge is 2.06. The molecule has 0 aliphatic heterocycles. The van der Waals surface area contributed by atoms with Crippen molar-refractivity contribution >= 4 is 15.8 Å². The molecule has 1 rings (SSSR count). The molecule has 0 unspecified atom stereocenters. The molecule has 0 saturated carbocycles. The minimum atomic E-state index is -3.12. The maximum Gasteiger partial charge on any atom is 0.191 e. The molecule has 0 radical (unpaired) electrons. The van der Waals surface area contributed by atoms with Gasteiger partial charge < -0.3 is 10.6 Å². The Morgan fingerprint density at radius 2 is 1.75 bits per heavy atom. The molecule has 0 atom stereocenters. The fourth-order valence-corrected chi connectivity index (χ4v) is 2.93. The number of sulfone groups is 1. The first-order valence-corrected chi connectivity index (χ1v) is 10.7. The van der Waals surface area contributed by atoms with Crippen LogP contribution in [0.4, 0.5) is 0 Å². The van der Waals surface area contributed by atoms with Crippen molar-refractivity contribution in [1.82, 2.24) is 10.6 Å². The molecule has 1 aromatic rings. The molecule has 136 valence electrons. The first-order chi connectivity index (χ1) is 11.5. The maximum absolute atomic E-state index is 11.4. The minimum absolute atomic E-state index is 0.362. The monoisotopic (exact) mass is 353 g/mol. The van der Waals surface area contributed by atoms with E-state index in [1.165, 1.54) is 25.5 Å². The van der Waals surface area contributed by atoms with E-state index in [4.69, 9.17) is 0 Å². The highest BCUT2D eigenvalue weighted by Crippen LogP contribution is 2.10. The van der Waals surface area contributed by atoms with Gasteiger partial charge in [0.2, 0.25) is 0 Å². The van der Waals surface area contributed by atoms with Gasteiger partial charge in [-0.3, -0.25) is 4.99 Å². The summed E-state index contributed by atoms with van der Waals surface area (Å²) < 4.78 is 22.9. The van der Waals surface area contributed by atoms with Gasteiger partial charge in [0, 0.05) is 25.9 Å². The molecule has 24 heavy (non-hydrogen) atoms. The third kappa shape index (κ3) is 8.34. The largest absolute Gasteiger partial charge is 0.357 e. The second-order valence-corrected chi connectivity index (χ2v) is 7.93. The molecule has 1 aromatic carbocycles. The summed E-state index contributed by atoms with van der Waals surface area (Å²) in [5.41, 5.74) is 1.11. The SMILES string of the molecule is CCCCCCN=C(NCC)NCCc1ccc(S(C)(=O)=O)cc1. The lowest BCUT2D eigenvalue weighted by molar-refractivity contribution is 0.602. The van der Waals surface area contributed by atoms with Crippen LogP contribution < -0.4 is 10.6 Å². The Morgan fingerprint density at radius 1 is 1.04 bits per heavy atom. The van der Waals surface area contributed by atoms with Crippen molar-refractivity contribution in [3.63, 3.8) is 0 Å². The number of unbranched alkanes of at least 4 members (excludes halogenated alkanes) is 3. The molecule has 6 heteroatoms. The first kappa shape index (κ1) is 20.5. The average molecular weight is 354 g/mol. The summed E-state index contributed by atoms with van der Waals surface area (Å²) in [6.07, 6.45) is 6.90. The molecule has 0 aliphatic rings. The van der Waals surface area contributed by atoms with Gasteiger partial charge in [0.05, 0.1) is 4.90 Å². The number of guanidine groups is 1. The lowest BCUT2D eigenvalue weighted by atomic mass is 10.1. The number of hydrogen-bond acceptors (Lipinski definition) is 3. The van der Waals surface area contributed by atoms with Gasteiger partial charge in [-0.15, -0.1) is 0 Å². The van der Waals surface area contributed by atoms with Crippen LogP contribution in [0.5, 0.6) is 0 Å². The summed E-state index contributed by atoms with van der Waals surface area (Å²) in [6.45, 7) is 6.71. The van der Waals surface area contributed by atoms with Gasteiger partial charge >= 0.3 is 0 Å². The number of nitrogens with zero attached hydrogens (tertiary/aromatic N) is 1. The fourth-order valence-electron chi connectivity index (χ4n) is 2.30. The van der Waals surface area contributed by atoms with Crippen molar-refractivity contribution in [3.8, 4) is 0 Å². The van der Waals surface area contributed by atoms with E-state index < -0.39 is 9.84 Å². The normalized spacial score (nSPS) is 12.2. The lowest BCUT2D eigenvalue weighted by Gasteiger charge is -2.11. The molecular weight excluding hydrogens is 322 g/mol. The zero-order chi connectivity index (χ0) is 17.8. The molecule has 0 amide bonds. The Kier molecular flexibility index (Phi) is 9.45. The lowest BCUT2D eigenvalue weighted by Crippen LogP contribution is -2.38. The summed E-state index contributed by atoms with van der Waals surface area (Å²) in [6, 6.07) is 7.06. The number of rotatable bonds is 10. The van der Waals surface area contributed by atoms with Crippen LogP contribution in [0, 0.1) is 0 Å². The van der Waals surface area contributed by atoms with E-state index in [0.717, 1.165) is 44.0 Å². The van der Waals surface area contributed by atoms with Crippen LogP contribution >= 0.6 is 0 Å². The van der Waals surface area contributed by atoms with Crippen molar-refractivity contribution < 1.29 is 8.42 Å². The predicted molar refractivity (Wildman–Crippen MR) is 101 cm³/mol. The molecular formula is C18H31N3O2S. The van der Waals surface area contributed by atoms with Crippen molar-refractivity contribution in [2.45, 2.75) is 50.8 Å². The predicted octanol–water partition coefficient (Wildman–Crippen LogP) is 2.77. The summed E-state index contributed by atoms with van der Waals surface area (Å²) >= 11 is 0. The molecule has 0 aliphatic carbocycles. The van der Waals surface area contributed by atoms with Crippen LogP contribution in [0.15, 0.2) is 34.2 Å². The highest BCUT2D eigenvalue weighted by molar-refractivity contribution is 7.90. The summed E-state index contributed by atoms with van der Waals surface area (Å²) in [4.78, 5) is 4.94. The Labute approximate surface area is 146 Å². The smallest absolute Gasteiger partial charge is 0.191 e. The van der Waals surface area contributed by atoms with Gasteiger partial charge in [-0.2, -0.15) is 0 Å². The van der Waals surface area contributed by atoms with Gasteiger partial charge in [-0.25, -0.2) is 8.42 Å². The van der Waals surface area contributed by atoms with Crippen LogP contribution in [-0.2, 0) is 16.3 Å². The zero-order valence-corrected chi connectivity index (χ0v) is 16.0. The van der Waals surface area contributed by atoms with Crippen LogP contribution in [0.25, 0.3) is 0 Å². The average Bonchev–Trinajstić information content (AvgIpc) is 2.54. The molecule has 0 fully saturated rings. The van der Waals surface area contributed by atoms with E-state index in [0.29, 0.717) is 4.90 Å². The van der Waals surface area contributed by atoms with Gasteiger partial charge in [0.1, 0.15) is 0 Å².